The number of esters is 2. The second kappa shape index (κ2) is 7.28. The summed E-state index contributed by atoms with van der Waals surface area (Å²) in [6.07, 6.45) is 0.871. The van der Waals surface area contributed by atoms with Crippen LogP contribution in [0, 0.1) is 5.82 Å². The summed E-state index contributed by atoms with van der Waals surface area (Å²) in [6, 6.07) is 4.54. The van der Waals surface area contributed by atoms with Gasteiger partial charge in [-0.15, -0.1) is 0 Å². The van der Waals surface area contributed by atoms with Crippen LogP contribution >= 0.6 is 0 Å². The lowest BCUT2D eigenvalue weighted by Crippen LogP contribution is -2.11. The fraction of sp³-hybridized carbons (Fsp3) is 0.286. The predicted octanol–water partition coefficient (Wildman–Crippen LogP) is 1.65. The number of methoxy groups -OCH3 is 3. The zero-order valence-corrected chi connectivity index (χ0v) is 11.4. The van der Waals surface area contributed by atoms with Gasteiger partial charge in [0.15, 0.2) is 11.6 Å². The highest BCUT2D eigenvalue weighted by Crippen LogP contribution is 2.22. The van der Waals surface area contributed by atoms with Crippen molar-refractivity contribution in [2.45, 2.75) is 6.42 Å². The van der Waals surface area contributed by atoms with E-state index in [1.165, 1.54) is 33.5 Å². The summed E-state index contributed by atoms with van der Waals surface area (Å²) in [6.45, 7) is 0. The molecule has 0 saturated heterocycles. The van der Waals surface area contributed by atoms with Crippen molar-refractivity contribution in [3.05, 3.63) is 41.2 Å². The Morgan fingerprint density at radius 2 is 1.90 bits per heavy atom. The molecule has 0 aliphatic rings. The Labute approximate surface area is 115 Å². The van der Waals surface area contributed by atoms with Crippen LogP contribution in [0.15, 0.2) is 29.8 Å². The third-order valence-corrected chi connectivity index (χ3v) is 2.58. The summed E-state index contributed by atoms with van der Waals surface area (Å²) in [5.41, 5.74) is 0.205. The summed E-state index contributed by atoms with van der Waals surface area (Å²) >= 11 is 0. The van der Waals surface area contributed by atoms with E-state index >= 15 is 0 Å². The van der Waals surface area contributed by atoms with Crippen LogP contribution in [0.4, 0.5) is 4.39 Å². The van der Waals surface area contributed by atoms with Gasteiger partial charge in [0.25, 0.3) is 0 Å². The highest BCUT2D eigenvalue weighted by Gasteiger charge is 2.17. The predicted molar refractivity (Wildman–Crippen MR) is 68.8 cm³/mol. The Morgan fingerprint density at radius 1 is 1.20 bits per heavy atom. The molecule has 1 aromatic rings. The second-order valence-electron chi connectivity index (χ2n) is 3.79. The number of hydrogen-bond acceptors (Lipinski definition) is 5. The lowest BCUT2D eigenvalue weighted by molar-refractivity contribution is -0.138. The van der Waals surface area contributed by atoms with E-state index in [1.807, 2.05) is 0 Å². The first-order valence-electron chi connectivity index (χ1n) is 5.71. The van der Waals surface area contributed by atoms with Gasteiger partial charge in [-0.05, 0) is 11.6 Å². The first-order chi connectivity index (χ1) is 9.53. The molecule has 0 aromatic heterocycles. The Bertz CT molecular complexity index is 536. The van der Waals surface area contributed by atoms with Crippen LogP contribution in [0.3, 0.4) is 0 Å². The van der Waals surface area contributed by atoms with E-state index < -0.39 is 17.8 Å². The summed E-state index contributed by atoms with van der Waals surface area (Å²) < 4.78 is 27.9. The van der Waals surface area contributed by atoms with Gasteiger partial charge in [-0.2, -0.15) is 0 Å². The van der Waals surface area contributed by atoms with E-state index in [2.05, 4.69) is 9.47 Å². The van der Waals surface area contributed by atoms with Crippen molar-refractivity contribution in [3.8, 4) is 5.75 Å². The molecule has 0 aliphatic carbocycles. The molecule has 5 nitrogen and oxygen atoms in total. The molecule has 0 amide bonds. The van der Waals surface area contributed by atoms with Crippen LogP contribution in [-0.4, -0.2) is 33.3 Å². The normalized spacial score (nSPS) is 10.9. The maximum absolute atomic E-state index is 14.0. The van der Waals surface area contributed by atoms with Crippen molar-refractivity contribution in [2.24, 2.45) is 0 Å². The number of ether oxygens (including phenoxy) is 3. The third kappa shape index (κ3) is 3.81. The average Bonchev–Trinajstić information content (AvgIpc) is 2.47. The molecule has 0 fully saturated rings. The molecule has 0 bridgehead atoms. The summed E-state index contributed by atoms with van der Waals surface area (Å²) in [4.78, 5) is 22.8. The van der Waals surface area contributed by atoms with E-state index in [-0.39, 0.29) is 23.3 Å². The van der Waals surface area contributed by atoms with Crippen molar-refractivity contribution in [1.29, 1.82) is 0 Å². The first kappa shape index (κ1) is 15.7. The first-order valence-corrected chi connectivity index (χ1v) is 5.71. The fourth-order valence-electron chi connectivity index (χ4n) is 1.57. The van der Waals surface area contributed by atoms with Crippen LogP contribution in [0.1, 0.15) is 5.56 Å². The van der Waals surface area contributed by atoms with Crippen LogP contribution in [-0.2, 0) is 25.5 Å². The zero-order valence-electron chi connectivity index (χ0n) is 11.4. The molecule has 1 aromatic carbocycles. The Kier molecular flexibility index (Phi) is 5.71. The van der Waals surface area contributed by atoms with Gasteiger partial charge in [-0.3, -0.25) is 0 Å². The van der Waals surface area contributed by atoms with Crippen molar-refractivity contribution < 1.29 is 28.2 Å². The van der Waals surface area contributed by atoms with E-state index in [4.69, 9.17) is 4.74 Å². The molecule has 0 atom stereocenters. The Balaban J connectivity index is 3.11. The molecular weight excluding hydrogens is 267 g/mol. The number of carbonyl (C=O) groups excluding carboxylic acids is 2. The molecule has 0 spiro atoms. The van der Waals surface area contributed by atoms with Gasteiger partial charge >= 0.3 is 11.9 Å². The van der Waals surface area contributed by atoms with E-state index in [0.717, 1.165) is 6.08 Å². The number of carbonyl (C=O) groups is 2. The van der Waals surface area contributed by atoms with Crippen LogP contribution in [0.2, 0.25) is 0 Å². The molecule has 0 N–H and O–H groups in total. The quantitative estimate of drug-likeness (QED) is 0.607. The maximum Gasteiger partial charge on any atom is 0.334 e. The highest BCUT2D eigenvalue weighted by atomic mass is 19.1. The van der Waals surface area contributed by atoms with Gasteiger partial charge < -0.3 is 14.2 Å². The van der Waals surface area contributed by atoms with Gasteiger partial charge in [0.1, 0.15) is 0 Å². The van der Waals surface area contributed by atoms with Gasteiger partial charge in [-0.25, -0.2) is 14.0 Å². The monoisotopic (exact) mass is 282 g/mol. The lowest BCUT2D eigenvalue weighted by atomic mass is 10.0. The Morgan fingerprint density at radius 3 is 2.45 bits per heavy atom. The second-order valence-corrected chi connectivity index (χ2v) is 3.79. The van der Waals surface area contributed by atoms with Gasteiger partial charge in [0.05, 0.1) is 21.3 Å². The van der Waals surface area contributed by atoms with Crippen molar-refractivity contribution in [2.75, 3.05) is 21.3 Å². The van der Waals surface area contributed by atoms with E-state index in [9.17, 15) is 14.0 Å². The van der Waals surface area contributed by atoms with E-state index in [0.29, 0.717) is 0 Å². The molecule has 0 unspecified atom stereocenters. The fourth-order valence-corrected chi connectivity index (χ4v) is 1.57. The SMILES string of the molecule is COC(=O)/C=C(\Cc1cccc(OC)c1F)C(=O)OC. The van der Waals surface area contributed by atoms with Crippen LogP contribution < -0.4 is 4.74 Å². The number of halogens is 1. The lowest BCUT2D eigenvalue weighted by Gasteiger charge is -2.09. The standard InChI is InChI=1S/C14H15FO5/c1-18-11-6-4-5-9(13(11)15)7-10(14(17)20-3)8-12(16)19-2/h4-6,8H,7H2,1-3H3/b10-8+. The third-order valence-electron chi connectivity index (χ3n) is 2.58. The van der Waals surface area contributed by atoms with Crippen molar-refractivity contribution in [3.63, 3.8) is 0 Å². The molecular formula is C14H15FO5. The molecule has 20 heavy (non-hydrogen) atoms. The summed E-state index contributed by atoms with van der Waals surface area (Å²) in [5, 5.41) is 0. The molecule has 0 saturated carbocycles. The van der Waals surface area contributed by atoms with Crippen molar-refractivity contribution in [1.82, 2.24) is 0 Å². The smallest absolute Gasteiger partial charge is 0.334 e. The molecule has 1 rings (SSSR count). The van der Waals surface area contributed by atoms with Gasteiger partial charge in [-0.1, -0.05) is 12.1 Å². The number of benzene rings is 1. The zero-order chi connectivity index (χ0) is 15.1. The Hall–Kier alpha value is -2.37. The van der Waals surface area contributed by atoms with Gasteiger partial charge in [0, 0.05) is 18.1 Å². The largest absolute Gasteiger partial charge is 0.494 e. The van der Waals surface area contributed by atoms with Crippen LogP contribution in [0.5, 0.6) is 5.75 Å². The van der Waals surface area contributed by atoms with Crippen molar-refractivity contribution >= 4 is 11.9 Å². The molecule has 6 heteroatoms. The minimum atomic E-state index is -0.724. The maximum atomic E-state index is 14.0. The summed E-state index contributed by atoms with van der Waals surface area (Å²) in [7, 11) is 3.70. The minimum absolute atomic E-state index is 0.00787. The minimum Gasteiger partial charge on any atom is -0.494 e. The molecule has 108 valence electrons. The van der Waals surface area contributed by atoms with E-state index in [1.54, 1.807) is 6.07 Å². The summed E-state index contributed by atoms with van der Waals surface area (Å²) in [5.74, 6) is -1.97. The number of hydrogen-bond donors (Lipinski definition) is 0. The molecule has 0 radical (unpaired) electrons. The highest BCUT2D eigenvalue weighted by molar-refractivity contribution is 5.96. The molecule has 0 aliphatic heterocycles. The average molecular weight is 282 g/mol. The molecule has 0 heterocycles. The van der Waals surface area contributed by atoms with Crippen LogP contribution in [0.25, 0.3) is 0 Å². The van der Waals surface area contributed by atoms with Gasteiger partial charge in [0.2, 0.25) is 0 Å². The topological polar surface area (TPSA) is 61.8 Å². The number of rotatable bonds is 5.